The van der Waals surface area contributed by atoms with E-state index in [-0.39, 0.29) is 17.8 Å². The molecule has 1 heterocycles. The fraction of sp³-hybridized carbons (Fsp3) is 0.417. The zero-order valence-corrected chi connectivity index (χ0v) is 9.15. The van der Waals surface area contributed by atoms with E-state index in [1.807, 2.05) is 0 Å². The molecule has 0 bridgehead atoms. The minimum atomic E-state index is -0.296. The number of benzene rings is 1. The third kappa shape index (κ3) is 2.22. The Balaban J connectivity index is 2.24. The first-order valence-electron chi connectivity index (χ1n) is 5.31. The maximum Gasteiger partial charge on any atom is 0.224 e. The highest BCUT2D eigenvalue weighted by molar-refractivity contribution is 5.92. The van der Waals surface area contributed by atoms with Crippen molar-refractivity contribution in [1.82, 2.24) is 0 Å². The van der Waals surface area contributed by atoms with Gasteiger partial charge in [0.25, 0.3) is 0 Å². The number of anilines is 1. The van der Waals surface area contributed by atoms with Crippen molar-refractivity contribution in [2.24, 2.45) is 0 Å². The van der Waals surface area contributed by atoms with E-state index in [0.717, 1.165) is 12.1 Å². The van der Waals surface area contributed by atoms with Crippen LogP contribution >= 0.6 is 0 Å². The van der Waals surface area contributed by atoms with E-state index >= 15 is 0 Å². The summed E-state index contributed by atoms with van der Waals surface area (Å²) in [7, 11) is 0. The highest BCUT2D eigenvalue weighted by Crippen LogP contribution is 2.22. The van der Waals surface area contributed by atoms with Crippen LogP contribution in [0.4, 0.5) is 10.1 Å². The van der Waals surface area contributed by atoms with Crippen molar-refractivity contribution in [3.8, 4) is 0 Å². The first kappa shape index (κ1) is 11.1. The highest BCUT2D eigenvalue weighted by atomic mass is 19.1. The molecule has 0 spiro atoms. The predicted molar refractivity (Wildman–Crippen MR) is 58.8 cm³/mol. The van der Waals surface area contributed by atoms with Crippen LogP contribution in [-0.4, -0.2) is 25.2 Å². The van der Waals surface area contributed by atoms with Crippen LogP contribution in [0.1, 0.15) is 13.3 Å². The lowest BCUT2D eigenvalue weighted by atomic mass is 10.2. The molecular weight excluding hydrogens is 209 g/mol. The van der Waals surface area contributed by atoms with Gasteiger partial charge in [0.05, 0.1) is 12.6 Å². The minimum absolute atomic E-state index is 0.0397. The summed E-state index contributed by atoms with van der Waals surface area (Å²) in [6.07, 6.45) is 0.830. The van der Waals surface area contributed by atoms with Gasteiger partial charge in [-0.15, -0.1) is 0 Å². The summed E-state index contributed by atoms with van der Waals surface area (Å²) < 4.78 is 18.1. The lowest BCUT2D eigenvalue weighted by molar-refractivity contribution is -0.117. The molecule has 1 saturated heterocycles. The van der Waals surface area contributed by atoms with E-state index < -0.39 is 0 Å². The number of amides is 1. The molecule has 1 aromatic carbocycles. The van der Waals surface area contributed by atoms with Gasteiger partial charge in [0.1, 0.15) is 5.82 Å². The SMILES string of the molecule is CC(=O)N(c1ccc(F)cc1)C1CCOC1. The Labute approximate surface area is 93.8 Å². The average Bonchev–Trinajstić information content (AvgIpc) is 2.74. The summed E-state index contributed by atoms with van der Waals surface area (Å²) in [5.74, 6) is -0.336. The molecule has 16 heavy (non-hydrogen) atoms. The standard InChI is InChI=1S/C12H14FNO2/c1-9(15)14(12-6-7-16-8-12)11-4-2-10(13)3-5-11/h2-5,12H,6-8H2,1H3. The van der Waals surface area contributed by atoms with Crippen LogP contribution in [0.25, 0.3) is 0 Å². The van der Waals surface area contributed by atoms with E-state index in [1.165, 1.54) is 19.1 Å². The van der Waals surface area contributed by atoms with Gasteiger partial charge in [0.2, 0.25) is 5.91 Å². The van der Waals surface area contributed by atoms with E-state index in [4.69, 9.17) is 4.74 Å². The monoisotopic (exact) mass is 223 g/mol. The van der Waals surface area contributed by atoms with Gasteiger partial charge in [-0.3, -0.25) is 4.79 Å². The molecule has 0 aliphatic carbocycles. The molecule has 2 rings (SSSR count). The third-order valence-corrected chi connectivity index (χ3v) is 2.71. The quantitative estimate of drug-likeness (QED) is 0.767. The number of carbonyl (C=O) groups is 1. The van der Waals surface area contributed by atoms with Gasteiger partial charge in [-0.2, -0.15) is 0 Å². The van der Waals surface area contributed by atoms with Crippen molar-refractivity contribution in [1.29, 1.82) is 0 Å². The van der Waals surface area contributed by atoms with Gasteiger partial charge in [0.15, 0.2) is 0 Å². The Morgan fingerprint density at radius 3 is 2.62 bits per heavy atom. The number of nitrogens with zero attached hydrogens (tertiary/aromatic N) is 1. The van der Waals surface area contributed by atoms with Crippen molar-refractivity contribution in [2.75, 3.05) is 18.1 Å². The molecule has 4 heteroatoms. The Morgan fingerprint density at radius 2 is 2.12 bits per heavy atom. The second-order valence-electron chi connectivity index (χ2n) is 3.88. The summed E-state index contributed by atoms with van der Waals surface area (Å²) in [6.45, 7) is 2.74. The molecule has 1 amide bonds. The lowest BCUT2D eigenvalue weighted by Crippen LogP contribution is -2.39. The summed E-state index contributed by atoms with van der Waals surface area (Å²) in [6, 6.07) is 6.04. The molecule has 1 aliphatic rings. The Bertz CT molecular complexity index is 371. The molecule has 0 saturated carbocycles. The smallest absolute Gasteiger partial charge is 0.224 e. The van der Waals surface area contributed by atoms with Crippen molar-refractivity contribution in [2.45, 2.75) is 19.4 Å². The molecule has 0 aromatic heterocycles. The molecule has 0 radical (unpaired) electrons. The summed E-state index contributed by atoms with van der Waals surface area (Å²) in [4.78, 5) is 13.3. The molecule has 1 aliphatic heterocycles. The Hall–Kier alpha value is -1.42. The van der Waals surface area contributed by atoms with Gasteiger partial charge in [-0.1, -0.05) is 0 Å². The van der Waals surface area contributed by atoms with Crippen LogP contribution in [0, 0.1) is 5.82 Å². The van der Waals surface area contributed by atoms with Gasteiger partial charge >= 0.3 is 0 Å². The topological polar surface area (TPSA) is 29.5 Å². The fourth-order valence-electron chi connectivity index (χ4n) is 1.98. The van der Waals surface area contributed by atoms with Gasteiger partial charge < -0.3 is 9.64 Å². The van der Waals surface area contributed by atoms with E-state index in [9.17, 15) is 9.18 Å². The maximum absolute atomic E-state index is 12.8. The van der Waals surface area contributed by atoms with Crippen LogP contribution in [-0.2, 0) is 9.53 Å². The summed E-state index contributed by atoms with van der Waals surface area (Å²) in [5.41, 5.74) is 0.726. The number of ether oxygens (including phenoxy) is 1. The van der Waals surface area contributed by atoms with E-state index in [1.54, 1.807) is 17.0 Å². The fourth-order valence-corrected chi connectivity index (χ4v) is 1.98. The van der Waals surface area contributed by atoms with Gasteiger partial charge in [-0.05, 0) is 30.7 Å². The highest BCUT2D eigenvalue weighted by Gasteiger charge is 2.26. The molecule has 1 fully saturated rings. The first-order chi connectivity index (χ1) is 7.68. The lowest BCUT2D eigenvalue weighted by Gasteiger charge is -2.26. The van der Waals surface area contributed by atoms with Gasteiger partial charge in [-0.25, -0.2) is 4.39 Å². The third-order valence-electron chi connectivity index (χ3n) is 2.71. The number of carbonyl (C=O) groups excluding carboxylic acids is 1. The zero-order valence-electron chi connectivity index (χ0n) is 9.15. The van der Waals surface area contributed by atoms with E-state index in [0.29, 0.717) is 13.2 Å². The summed E-state index contributed by atoms with van der Waals surface area (Å²) in [5, 5.41) is 0. The molecule has 0 N–H and O–H groups in total. The number of hydrogen-bond acceptors (Lipinski definition) is 2. The number of hydrogen-bond donors (Lipinski definition) is 0. The van der Waals surface area contributed by atoms with Crippen LogP contribution in [0.2, 0.25) is 0 Å². The molecule has 3 nitrogen and oxygen atoms in total. The van der Waals surface area contributed by atoms with Crippen LogP contribution in [0.5, 0.6) is 0 Å². The average molecular weight is 223 g/mol. The molecular formula is C12H14FNO2. The van der Waals surface area contributed by atoms with Crippen molar-refractivity contribution < 1.29 is 13.9 Å². The summed E-state index contributed by atoms with van der Waals surface area (Å²) >= 11 is 0. The van der Waals surface area contributed by atoms with Crippen molar-refractivity contribution in [3.63, 3.8) is 0 Å². The molecule has 1 atom stereocenters. The second-order valence-corrected chi connectivity index (χ2v) is 3.88. The zero-order chi connectivity index (χ0) is 11.5. The van der Waals surface area contributed by atoms with Crippen LogP contribution in [0.15, 0.2) is 24.3 Å². The first-order valence-corrected chi connectivity index (χ1v) is 5.31. The Morgan fingerprint density at radius 1 is 1.44 bits per heavy atom. The van der Waals surface area contributed by atoms with Crippen molar-refractivity contribution >= 4 is 11.6 Å². The maximum atomic E-state index is 12.8. The van der Waals surface area contributed by atoms with Crippen LogP contribution in [0.3, 0.4) is 0 Å². The normalized spacial score (nSPS) is 19.8. The number of rotatable bonds is 2. The van der Waals surface area contributed by atoms with E-state index in [2.05, 4.69) is 0 Å². The Kier molecular flexibility index (Phi) is 3.19. The molecule has 86 valence electrons. The minimum Gasteiger partial charge on any atom is -0.379 e. The number of halogens is 1. The van der Waals surface area contributed by atoms with Crippen molar-refractivity contribution in [3.05, 3.63) is 30.1 Å². The van der Waals surface area contributed by atoms with Gasteiger partial charge in [0, 0.05) is 19.2 Å². The second kappa shape index (κ2) is 4.61. The largest absolute Gasteiger partial charge is 0.379 e. The molecule has 1 aromatic rings. The predicted octanol–water partition coefficient (Wildman–Crippen LogP) is 1.97. The molecule has 1 unspecified atom stereocenters. The van der Waals surface area contributed by atoms with Crippen LogP contribution < -0.4 is 4.90 Å².